The van der Waals surface area contributed by atoms with Gasteiger partial charge >= 0.3 is 0 Å². The highest BCUT2D eigenvalue weighted by atomic mass is 19.1. The summed E-state index contributed by atoms with van der Waals surface area (Å²) in [6.45, 7) is 1.40. The maximum atomic E-state index is 14.0. The van der Waals surface area contributed by atoms with E-state index >= 15 is 0 Å². The highest BCUT2D eigenvalue weighted by Gasteiger charge is 2.22. The Labute approximate surface area is 108 Å². The van der Waals surface area contributed by atoms with E-state index in [0.29, 0.717) is 24.5 Å². The van der Waals surface area contributed by atoms with Crippen LogP contribution in [0.1, 0.15) is 23.2 Å². The van der Waals surface area contributed by atoms with Crippen molar-refractivity contribution in [2.45, 2.75) is 12.8 Å². The lowest BCUT2D eigenvalue weighted by molar-refractivity contribution is 0.0788. The van der Waals surface area contributed by atoms with Crippen molar-refractivity contribution in [2.24, 2.45) is 0 Å². The summed E-state index contributed by atoms with van der Waals surface area (Å²) in [7, 11) is 0. The molecular weight excluding hydrogens is 249 g/mol. The smallest absolute Gasteiger partial charge is 0.256 e. The van der Waals surface area contributed by atoms with E-state index in [1.807, 2.05) is 0 Å². The zero-order chi connectivity index (χ0) is 13.2. The molecule has 0 saturated carbocycles. The Morgan fingerprint density at radius 1 is 1.32 bits per heavy atom. The number of amides is 1. The van der Waals surface area contributed by atoms with Gasteiger partial charge in [-0.2, -0.15) is 5.21 Å². The molecule has 0 atom stereocenters. The second-order valence-electron chi connectivity index (χ2n) is 4.43. The van der Waals surface area contributed by atoms with Gasteiger partial charge in [-0.1, -0.05) is 6.07 Å². The predicted molar refractivity (Wildman–Crippen MR) is 64.7 cm³/mol. The number of carbonyl (C=O) groups is 1. The van der Waals surface area contributed by atoms with Crippen LogP contribution >= 0.6 is 0 Å². The van der Waals surface area contributed by atoms with E-state index in [0.717, 1.165) is 12.8 Å². The number of nitrogens with one attached hydrogen (secondary N) is 1. The molecule has 1 aliphatic rings. The second-order valence-corrected chi connectivity index (χ2v) is 4.43. The van der Waals surface area contributed by atoms with Crippen LogP contribution in [-0.4, -0.2) is 44.5 Å². The molecule has 1 aromatic carbocycles. The summed E-state index contributed by atoms with van der Waals surface area (Å²) in [5.74, 6) is -0.507. The lowest BCUT2D eigenvalue weighted by atomic mass is 10.1. The number of nitrogens with zero attached hydrogens (tertiary/aromatic N) is 4. The molecule has 0 unspecified atom stereocenters. The summed E-state index contributed by atoms with van der Waals surface area (Å²) < 4.78 is 14.0. The third kappa shape index (κ3) is 2.18. The van der Waals surface area contributed by atoms with Gasteiger partial charge in [0.05, 0.1) is 5.56 Å². The highest BCUT2D eigenvalue weighted by Crippen LogP contribution is 2.20. The van der Waals surface area contributed by atoms with Crippen LogP contribution in [0.3, 0.4) is 0 Å². The Kier molecular flexibility index (Phi) is 2.94. The quantitative estimate of drug-likeness (QED) is 0.882. The minimum Gasteiger partial charge on any atom is -0.339 e. The molecule has 6 nitrogen and oxygen atoms in total. The van der Waals surface area contributed by atoms with Crippen LogP contribution < -0.4 is 0 Å². The van der Waals surface area contributed by atoms with Crippen molar-refractivity contribution in [3.8, 4) is 11.4 Å². The Morgan fingerprint density at radius 3 is 2.74 bits per heavy atom. The zero-order valence-corrected chi connectivity index (χ0v) is 10.1. The number of hydrogen-bond acceptors (Lipinski definition) is 4. The van der Waals surface area contributed by atoms with Crippen molar-refractivity contribution in [3.05, 3.63) is 29.6 Å². The van der Waals surface area contributed by atoms with Crippen molar-refractivity contribution in [1.82, 2.24) is 25.5 Å². The fourth-order valence-electron chi connectivity index (χ4n) is 2.20. The summed E-state index contributed by atoms with van der Waals surface area (Å²) >= 11 is 0. The van der Waals surface area contributed by atoms with E-state index in [-0.39, 0.29) is 11.5 Å². The average molecular weight is 261 g/mol. The molecule has 98 valence electrons. The maximum Gasteiger partial charge on any atom is 0.256 e. The van der Waals surface area contributed by atoms with Gasteiger partial charge in [0.15, 0.2) is 0 Å². The number of halogens is 1. The number of aromatic nitrogens is 4. The van der Waals surface area contributed by atoms with E-state index in [9.17, 15) is 9.18 Å². The van der Waals surface area contributed by atoms with Crippen LogP contribution in [0.2, 0.25) is 0 Å². The largest absolute Gasteiger partial charge is 0.339 e. The number of rotatable bonds is 2. The maximum absolute atomic E-state index is 14.0. The number of tetrazole rings is 1. The minimum atomic E-state index is -0.556. The molecule has 1 N–H and O–H groups in total. The van der Waals surface area contributed by atoms with Crippen molar-refractivity contribution in [1.29, 1.82) is 0 Å². The van der Waals surface area contributed by atoms with Crippen LogP contribution in [0.5, 0.6) is 0 Å². The molecule has 0 bridgehead atoms. The molecule has 1 aromatic heterocycles. The topological polar surface area (TPSA) is 74.8 Å². The molecule has 0 spiro atoms. The summed E-state index contributed by atoms with van der Waals surface area (Å²) in [5.41, 5.74) is 0.582. The highest BCUT2D eigenvalue weighted by molar-refractivity contribution is 5.95. The van der Waals surface area contributed by atoms with Crippen molar-refractivity contribution >= 4 is 5.91 Å². The van der Waals surface area contributed by atoms with Crippen molar-refractivity contribution in [3.63, 3.8) is 0 Å². The third-order valence-corrected chi connectivity index (χ3v) is 3.20. The lowest BCUT2D eigenvalue weighted by Crippen LogP contribution is -2.28. The fourth-order valence-corrected chi connectivity index (χ4v) is 2.20. The Bertz CT molecular complexity index is 592. The lowest BCUT2D eigenvalue weighted by Gasteiger charge is -2.15. The molecule has 1 fully saturated rings. The van der Waals surface area contributed by atoms with E-state index in [2.05, 4.69) is 20.6 Å². The molecule has 19 heavy (non-hydrogen) atoms. The van der Waals surface area contributed by atoms with Crippen molar-refractivity contribution < 1.29 is 9.18 Å². The fraction of sp³-hybridized carbons (Fsp3) is 0.333. The standard InChI is InChI=1S/C12H12FN5O/c13-10-7-8(11-14-16-17-15-11)3-4-9(10)12(19)18-5-1-2-6-18/h3-4,7H,1-2,5-6H2,(H,14,15,16,17). The number of likely N-dealkylation sites (tertiary alicyclic amines) is 1. The summed E-state index contributed by atoms with van der Waals surface area (Å²) in [4.78, 5) is 13.8. The summed E-state index contributed by atoms with van der Waals surface area (Å²) in [6, 6.07) is 4.35. The Morgan fingerprint density at radius 2 is 2.11 bits per heavy atom. The van der Waals surface area contributed by atoms with Gasteiger partial charge in [0.1, 0.15) is 5.82 Å². The first kappa shape index (κ1) is 11.8. The van der Waals surface area contributed by atoms with Crippen LogP contribution in [0.4, 0.5) is 4.39 Å². The van der Waals surface area contributed by atoms with Gasteiger partial charge in [0, 0.05) is 18.7 Å². The molecule has 3 rings (SSSR count). The molecular formula is C12H12FN5O. The number of benzene rings is 1. The summed E-state index contributed by atoms with van der Waals surface area (Å²) in [6.07, 6.45) is 1.96. The molecule has 2 heterocycles. The first-order valence-corrected chi connectivity index (χ1v) is 6.08. The molecule has 1 saturated heterocycles. The van der Waals surface area contributed by atoms with Gasteiger partial charge in [-0.3, -0.25) is 4.79 Å². The molecule has 0 radical (unpaired) electrons. The normalized spacial score (nSPS) is 14.9. The molecule has 0 aliphatic carbocycles. The SMILES string of the molecule is O=C(c1ccc(-c2nn[nH]n2)cc1F)N1CCCC1. The molecule has 1 aliphatic heterocycles. The Hall–Kier alpha value is -2.31. The van der Waals surface area contributed by atoms with Crippen LogP contribution in [-0.2, 0) is 0 Å². The average Bonchev–Trinajstić information content (AvgIpc) is 3.11. The molecule has 1 amide bonds. The second kappa shape index (κ2) is 4.75. The zero-order valence-electron chi connectivity index (χ0n) is 10.1. The van der Waals surface area contributed by atoms with Gasteiger partial charge < -0.3 is 4.90 Å². The Balaban J connectivity index is 1.89. The molecule has 7 heteroatoms. The van der Waals surface area contributed by atoms with Crippen LogP contribution in [0.15, 0.2) is 18.2 Å². The van der Waals surface area contributed by atoms with E-state index in [1.165, 1.54) is 12.1 Å². The van der Waals surface area contributed by atoms with Gasteiger partial charge in [-0.25, -0.2) is 4.39 Å². The van der Waals surface area contributed by atoms with Gasteiger partial charge in [0.25, 0.3) is 5.91 Å². The third-order valence-electron chi connectivity index (χ3n) is 3.20. The predicted octanol–water partition coefficient (Wildman–Crippen LogP) is 1.24. The summed E-state index contributed by atoms with van der Waals surface area (Å²) in [5, 5.41) is 13.3. The minimum absolute atomic E-state index is 0.0918. The van der Waals surface area contributed by atoms with E-state index in [1.54, 1.807) is 11.0 Å². The van der Waals surface area contributed by atoms with E-state index in [4.69, 9.17) is 0 Å². The number of hydrogen-bond donors (Lipinski definition) is 1. The van der Waals surface area contributed by atoms with Crippen LogP contribution in [0.25, 0.3) is 11.4 Å². The molecule has 2 aromatic rings. The van der Waals surface area contributed by atoms with Gasteiger partial charge in [-0.05, 0) is 30.2 Å². The number of carbonyl (C=O) groups excluding carboxylic acids is 1. The first-order chi connectivity index (χ1) is 9.25. The number of aromatic amines is 1. The van der Waals surface area contributed by atoms with Gasteiger partial charge in [-0.15, -0.1) is 10.2 Å². The monoisotopic (exact) mass is 261 g/mol. The van der Waals surface area contributed by atoms with Crippen molar-refractivity contribution in [2.75, 3.05) is 13.1 Å². The van der Waals surface area contributed by atoms with Gasteiger partial charge in [0.2, 0.25) is 5.82 Å². The van der Waals surface area contributed by atoms with Crippen LogP contribution in [0, 0.1) is 5.82 Å². The number of H-pyrrole nitrogens is 1. The van der Waals surface area contributed by atoms with E-state index < -0.39 is 5.82 Å². The first-order valence-electron chi connectivity index (χ1n) is 6.08.